The van der Waals surface area contributed by atoms with Gasteiger partial charge < -0.3 is 5.11 Å². The summed E-state index contributed by atoms with van der Waals surface area (Å²) >= 11 is 0. The van der Waals surface area contributed by atoms with Crippen LogP contribution in [0, 0.1) is 56.7 Å². The van der Waals surface area contributed by atoms with Gasteiger partial charge in [-0.05, 0) is 122 Å². The first-order valence-corrected chi connectivity index (χ1v) is 14.5. The van der Waals surface area contributed by atoms with Crippen molar-refractivity contribution in [1.29, 1.82) is 0 Å². The number of carbonyl (C=O) groups excluding carboxylic acids is 1. The predicted molar refractivity (Wildman–Crippen MR) is 140 cm³/mol. The molecule has 0 aromatic carbocycles. The van der Waals surface area contributed by atoms with Gasteiger partial charge in [0.15, 0.2) is 0 Å². The second-order valence-corrected chi connectivity index (χ2v) is 14.9. The molecule has 0 bridgehead atoms. The summed E-state index contributed by atoms with van der Waals surface area (Å²) < 4.78 is 0. The van der Waals surface area contributed by atoms with Crippen molar-refractivity contribution in [2.45, 2.75) is 112 Å². The van der Waals surface area contributed by atoms with Gasteiger partial charge in [0.2, 0.25) is 5.91 Å². The van der Waals surface area contributed by atoms with Crippen LogP contribution in [0.4, 0.5) is 0 Å². The van der Waals surface area contributed by atoms with Crippen molar-refractivity contribution >= 4 is 5.91 Å². The average Bonchev–Trinajstić information content (AvgIpc) is 3.19. The summed E-state index contributed by atoms with van der Waals surface area (Å²) in [5, 5.41) is 10.9. The Balaban J connectivity index is 1.55. The molecule has 5 aliphatic carbocycles. The summed E-state index contributed by atoms with van der Waals surface area (Å²) in [7, 11) is 1.57. The van der Waals surface area contributed by atoms with Crippen LogP contribution in [0.5, 0.6) is 0 Å². The van der Waals surface area contributed by atoms with E-state index < -0.39 is 0 Å². The largest absolute Gasteiger partial charge is 0.393 e. The minimum absolute atomic E-state index is 0.0114. The molecule has 0 unspecified atom stereocenters. The van der Waals surface area contributed by atoms with Crippen LogP contribution < -0.4 is 5.48 Å². The topological polar surface area (TPSA) is 58.6 Å². The Hall–Kier alpha value is -0.870. The second-order valence-electron chi connectivity index (χ2n) is 14.9. The molecule has 0 aromatic rings. The monoisotopic (exact) mass is 485 g/mol. The third-order valence-corrected chi connectivity index (χ3v) is 13.7. The van der Waals surface area contributed by atoms with Crippen LogP contribution in [-0.4, -0.2) is 24.2 Å². The summed E-state index contributed by atoms with van der Waals surface area (Å²) in [4.78, 5) is 18.7. The smallest absolute Gasteiger partial charge is 0.250 e. The molecule has 5 fully saturated rings. The molecule has 0 aromatic heterocycles. The molecule has 0 spiro atoms. The maximum atomic E-state index is 13.6. The standard InChI is InChI=1S/C31H51NO3/c1-19(2)20-11-16-31(26(34)32-35-8)18-17-29(6)21(25(20)31)9-10-23-28(5)14-13-24(33)27(3,4)22(28)12-15-30(23,29)7/h20-25,33H,1,9-18H2,2-8H3,(H,32,34)/t20-,21+,22-,23+,24-,25+,28-,29+,30+,31-/m0/s1. The van der Waals surface area contributed by atoms with Gasteiger partial charge in [-0.3, -0.25) is 9.63 Å². The number of allylic oxidation sites excluding steroid dienone is 1. The van der Waals surface area contributed by atoms with E-state index in [1.807, 2.05) is 0 Å². The molecule has 5 aliphatic rings. The number of amides is 1. The van der Waals surface area contributed by atoms with Crippen molar-refractivity contribution < 1.29 is 14.7 Å². The van der Waals surface area contributed by atoms with Gasteiger partial charge in [-0.1, -0.05) is 46.8 Å². The van der Waals surface area contributed by atoms with Gasteiger partial charge in [0.25, 0.3) is 0 Å². The van der Waals surface area contributed by atoms with Crippen molar-refractivity contribution in [3.63, 3.8) is 0 Å². The number of hydrogen-bond acceptors (Lipinski definition) is 3. The molecule has 35 heavy (non-hydrogen) atoms. The van der Waals surface area contributed by atoms with Crippen LogP contribution in [-0.2, 0) is 9.63 Å². The highest BCUT2D eigenvalue weighted by Gasteiger charge is 2.71. The highest BCUT2D eigenvalue weighted by molar-refractivity contribution is 5.83. The number of hydroxylamine groups is 1. The maximum Gasteiger partial charge on any atom is 0.250 e. The fourth-order valence-electron chi connectivity index (χ4n) is 11.7. The van der Waals surface area contributed by atoms with E-state index in [4.69, 9.17) is 4.84 Å². The lowest BCUT2D eigenvalue weighted by atomic mass is 9.32. The fourth-order valence-corrected chi connectivity index (χ4v) is 11.7. The van der Waals surface area contributed by atoms with Crippen LogP contribution in [0.25, 0.3) is 0 Å². The van der Waals surface area contributed by atoms with E-state index in [2.05, 4.69) is 53.6 Å². The Morgan fingerprint density at radius 3 is 2.26 bits per heavy atom. The number of hydrogen-bond donors (Lipinski definition) is 2. The Labute approximate surface area is 214 Å². The van der Waals surface area contributed by atoms with Crippen LogP contribution in [0.3, 0.4) is 0 Å². The molecule has 0 aliphatic heterocycles. The predicted octanol–water partition coefficient (Wildman–Crippen LogP) is 6.68. The lowest BCUT2D eigenvalue weighted by Gasteiger charge is -2.72. The number of aliphatic hydroxyl groups is 1. The molecule has 1 amide bonds. The highest BCUT2D eigenvalue weighted by atomic mass is 16.6. The first-order chi connectivity index (χ1) is 16.3. The Kier molecular flexibility index (Phi) is 5.94. The maximum absolute atomic E-state index is 13.6. The van der Waals surface area contributed by atoms with E-state index in [1.165, 1.54) is 31.3 Å². The van der Waals surface area contributed by atoms with E-state index in [0.29, 0.717) is 29.6 Å². The molecule has 198 valence electrons. The van der Waals surface area contributed by atoms with Gasteiger partial charge in [-0.15, -0.1) is 0 Å². The van der Waals surface area contributed by atoms with E-state index in [-0.39, 0.29) is 39.1 Å². The molecule has 5 rings (SSSR count). The SMILES string of the molecule is C=C(C)[C@@H]1CC[C@]2(C(=O)NOC)CC[C@]3(C)[C@H](CC[C@@H]4[C@@]5(C)CC[C@H](O)C(C)(C)[C@@H]5CC[C@]43C)[C@@H]12. The third-order valence-electron chi connectivity index (χ3n) is 13.7. The summed E-state index contributed by atoms with van der Waals surface area (Å²) in [5.74, 6) is 2.72. The van der Waals surface area contributed by atoms with Gasteiger partial charge >= 0.3 is 0 Å². The number of rotatable bonds is 3. The van der Waals surface area contributed by atoms with Gasteiger partial charge in [-0.25, -0.2) is 5.48 Å². The van der Waals surface area contributed by atoms with Gasteiger partial charge in [-0.2, -0.15) is 0 Å². The summed E-state index contributed by atoms with van der Waals surface area (Å²) in [6.07, 6.45) is 11.0. The van der Waals surface area contributed by atoms with E-state index >= 15 is 0 Å². The van der Waals surface area contributed by atoms with E-state index in [9.17, 15) is 9.90 Å². The van der Waals surface area contributed by atoms with Crippen LogP contribution in [0.1, 0.15) is 106 Å². The van der Waals surface area contributed by atoms with Gasteiger partial charge in [0, 0.05) is 0 Å². The molecule has 10 atom stereocenters. The Morgan fingerprint density at radius 1 is 0.886 bits per heavy atom. The Morgan fingerprint density at radius 2 is 1.60 bits per heavy atom. The minimum Gasteiger partial charge on any atom is -0.393 e. The van der Waals surface area contributed by atoms with Crippen LogP contribution in [0.2, 0.25) is 0 Å². The lowest BCUT2D eigenvalue weighted by molar-refractivity contribution is -0.247. The van der Waals surface area contributed by atoms with E-state index in [0.717, 1.165) is 38.5 Å². The minimum atomic E-state index is -0.314. The lowest BCUT2D eigenvalue weighted by Crippen LogP contribution is -2.67. The van der Waals surface area contributed by atoms with Crippen molar-refractivity contribution in [1.82, 2.24) is 5.48 Å². The first-order valence-electron chi connectivity index (χ1n) is 14.5. The highest BCUT2D eigenvalue weighted by Crippen LogP contribution is 2.77. The molecule has 2 N–H and O–H groups in total. The Bertz CT molecular complexity index is 898. The zero-order valence-electron chi connectivity index (χ0n) is 23.5. The number of nitrogens with one attached hydrogen (secondary N) is 1. The molecular weight excluding hydrogens is 434 g/mol. The van der Waals surface area contributed by atoms with Crippen molar-refractivity contribution in [2.24, 2.45) is 56.7 Å². The third kappa shape index (κ3) is 3.14. The van der Waals surface area contributed by atoms with Crippen LogP contribution in [0.15, 0.2) is 12.2 Å². The summed E-state index contributed by atoms with van der Waals surface area (Å²) in [6, 6.07) is 0. The van der Waals surface area contributed by atoms with Crippen molar-refractivity contribution in [3.8, 4) is 0 Å². The molecule has 4 heteroatoms. The number of carbonyl (C=O) groups is 1. The van der Waals surface area contributed by atoms with Crippen LogP contribution >= 0.6 is 0 Å². The number of aliphatic hydroxyl groups excluding tert-OH is 1. The second kappa shape index (κ2) is 8.06. The van der Waals surface area contributed by atoms with Gasteiger partial charge in [0.05, 0.1) is 18.6 Å². The quantitative estimate of drug-likeness (QED) is 0.346. The summed E-state index contributed by atoms with van der Waals surface area (Å²) in [6.45, 7) is 19.1. The first kappa shape index (κ1) is 25.8. The van der Waals surface area contributed by atoms with Crippen molar-refractivity contribution in [3.05, 3.63) is 12.2 Å². The molecule has 0 heterocycles. The molecule has 5 saturated carbocycles. The van der Waals surface area contributed by atoms with Crippen molar-refractivity contribution in [2.75, 3.05) is 7.11 Å². The fraction of sp³-hybridized carbons (Fsp3) is 0.903. The summed E-state index contributed by atoms with van der Waals surface area (Å²) in [5.41, 5.74) is 4.49. The molecule has 0 saturated heterocycles. The average molecular weight is 486 g/mol. The van der Waals surface area contributed by atoms with E-state index in [1.54, 1.807) is 7.11 Å². The number of fused-ring (bicyclic) bond motifs is 7. The molecule has 0 radical (unpaired) electrons. The van der Waals surface area contributed by atoms with Gasteiger partial charge in [0.1, 0.15) is 0 Å². The normalized spacial score (nSPS) is 52.5. The zero-order valence-corrected chi connectivity index (χ0v) is 23.5. The zero-order chi connectivity index (χ0) is 25.6. The molecular formula is C31H51NO3. The molecule has 4 nitrogen and oxygen atoms in total.